The van der Waals surface area contributed by atoms with E-state index in [2.05, 4.69) is 58.6 Å². The van der Waals surface area contributed by atoms with Crippen molar-refractivity contribution < 1.29 is 0 Å². The summed E-state index contributed by atoms with van der Waals surface area (Å²) in [6.07, 6.45) is 8.46. The topological polar surface area (TPSA) is 26.0 Å². The molecule has 0 saturated carbocycles. The van der Waals surface area contributed by atoms with E-state index in [1.54, 1.807) is 0 Å². The number of allylic oxidation sites excluding steroid dienone is 4. The highest BCUT2D eigenvalue weighted by Crippen LogP contribution is 2.36. The molecule has 0 atom stereocenters. The van der Waals surface area contributed by atoms with Gasteiger partial charge in [-0.05, 0) is 17.4 Å². The molecule has 1 heteroatoms. The van der Waals surface area contributed by atoms with Gasteiger partial charge in [-0.2, -0.15) is 0 Å². The van der Waals surface area contributed by atoms with Crippen LogP contribution >= 0.6 is 0 Å². The zero-order chi connectivity index (χ0) is 11.6. The molecule has 0 aromatic heterocycles. The van der Waals surface area contributed by atoms with E-state index in [4.69, 9.17) is 5.73 Å². The van der Waals surface area contributed by atoms with Crippen LogP contribution in [0.2, 0.25) is 0 Å². The molecule has 1 aliphatic rings. The summed E-state index contributed by atoms with van der Waals surface area (Å²) in [5.41, 5.74) is 7.40. The van der Waals surface area contributed by atoms with Crippen molar-refractivity contribution in [3.63, 3.8) is 0 Å². The second kappa shape index (κ2) is 4.36. The fourth-order valence-electron chi connectivity index (χ4n) is 2.36. The summed E-state index contributed by atoms with van der Waals surface area (Å²) in [5, 5.41) is 0. The van der Waals surface area contributed by atoms with Gasteiger partial charge in [0.15, 0.2) is 0 Å². The Bertz CT molecular complexity index is 274. The Labute approximate surface area is 93.7 Å². The van der Waals surface area contributed by atoms with Gasteiger partial charge >= 0.3 is 0 Å². The molecule has 0 fully saturated rings. The zero-order valence-corrected chi connectivity index (χ0v) is 10.3. The fraction of sp³-hybridized carbons (Fsp3) is 0.571. The first kappa shape index (κ1) is 12.3. The highest BCUT2D eigenvalue weighted by atomic mass is 14.8. The Kier molecular flexibility index (Phi) is 3.56. The molecule has 1 aliphatic carbocycles. The molecule has 0 spiro atoms. The predicted octanol–water partition coefficient (Wildman–Crippen LogP) is 3.29. The minimum absolute atomic E-state index is 0.274. The lowest BCUT2D eigenvalue weighted by Gasteiger charge is -2.41. The molecule has 0 aliphatic heterocycles. The minimum Gasteiger partial charge on any atom is -0.321 e. The fourth-order valence-corrected chi connectivity index (χ4v) is 2.36. The second-order valence-corrected chi connectivity index (χ2v) is 5.06. The normalized spacial score (nSPS) is 17.0. The van der Waals surface area contributed by atoms with Crippen LogP contribution in [0, 0.1) is 17.8 Å². The van der Waals surface area contributed by atoms with Crippen LogP contribution in [0.4, 0.5) is 0 Å². The lowest BCUT2D eigenvalue weighted by atomic mass is 9.69. The van der Waals surface area contributed by atoms with Crippen molar-refractivity contribution in [2.45, 2.75) is 33.2 Å². The molecule has 0 heterocycles. The standard InChI is InChI=1S/C14H23N/c1-10(2)14(15,11(3)4)12(5)13-8-6-7-9-13/h6-11,13H,5,15H2,1-4H3. The summed E-state index contributed by atoms with van der Waals surface area (Å²) in [6, 6.07) is 0. The van der Waals surface area contributed by atoms with Gasteiger partial charge < -0.3 is 5.73 Å². The van der Waals surface area contributed by atoms with E-state index in [0.717, 1.165) is 5.57 Å². The van der Waals surface area contributed by atoms with Crippen LogP contribution in [0.15, 0.2) is 36.5 Å². The Morgan fingerprint density at radius 2 is 1.53 bits per heavy atom. The van der Waals surface area contributed by atoms with Gasteiger partial charge in [-0.15, -0.1) is 0 Å². The van der Waals surface area contributed by atoms with Crippen LogP contribution in [0.1, 0.15) is 27.7 Å². The largest absolute Gasteiger partial charge is 0.321 e. The number of rotatable bonds is 4. The number of nitrogens with two attached hydrogens (primary N) is 1. The molecule has 0 amide bonds. The SMILES string of the molecule is C=C(C1C=CC=C1)C(N)(C(C)C)C(C)C. The molecule has 1 rings (SSSR count). The quantitative estimate of drug-likeness (QED) is 0.700. The van der Waals surface area contributed by atoms with Crippen LogP contribution in [0.3, 0.4) is 0 Å². The molecule has 1 nitrogen and oxygen atoms in total. The van der Waals surface area contributed by atoms with E-state index in [1.807, 2.05) is 0 Å². The Morgan fingerprint density at radius 1 is 1.13 bits per heavy atom. The molecule has 0 bridgehead atoms. The maximum atomic E-state index is 6.54. The van der Waals surface area contributed by atoms with Gasteiger partial charge in [-0.25, -0.2) is 0 Å². The zero-order valence-electron chi connectivity index (χ0n) is 10.3. The van der Waals surface area contributed by atoms with Gasteiger partial charge in [0.1, 0.15) is 0 Å². The Hall–Kier alpha value is -0.820. The molecule has 0 radical (unpaired) electrons. The van der Waals surface area contributed by atoms with Crippen LogP contribution in [-0.2, 0) is 0 Å². The molecular formula is C14H23N. The van der Waals surface area contributed by atoms with Crippen molar-refractivity contribution in [3.05, 3.63) is 36.5 Å². The van der Waals surface area contributed by atoms with E-state index >= 15 is 0 Å². The van der Waals surface area contributed by atoms with E-state index < -0.39 is 0 Å². The lowest BCUT2D eigenvalue weighted by molar-refractivity contribution is 0.262. The molecule has 0 aromatic carbocycles. The summed E-state index contributed by atoms with van der Waals surface area (Å²) < 4.78 is 0. The summed E-state index contributed by atoms with van der Waals surface area (Å²) >= 11 is 0. The van der Waals surface area contributed by atoms with Gasteiger partial charge in [0.25, 0.3) is 0 Å². The predicted molar refractivity (Wildman–Crippen MR) is 67.5 cm³/mol. The highest BCUT2D eigenvalue weighted by molar-refractivity contribution is 5.34. The van der Waals surface area contributed by atoms with Crippen LogP contribution in [0.5, 0.6) is 0 Å². The highest BCUT2D eigenvalue weighted by Gasteiger charge is 2.37. The van der Waals surface area contributed by atoms with Crippen LogP contribution in [-0.4, -0.2) is 5.54 Å². The second-order valence-electron chi connectivity index (χ2n) is 5.06. The van der Waals surface area contributed by atoms with Crippen molar-refractivity contribution in [1.82, 2.24) is 0 Å². The average Bonchev–Trinajstić information content (AvgIpc) is 2.67. The summed E-state index contributed by atoms with van der Waals surface area (Å²) in [5.74, 6) is 1.14. The van der Waals surface area contributed by atoms with E-state index in [1.165, 1.54) is 0 Å². The van der Waals surface area contributed by atoms with Gasteiger partial charge in [-0.1, -0.05) is 58.6 Å². The monoisotopic (exact) mass is 205 g/mol. The number of hydrogen-bond donors (Lipinski definition) is 1. The molecule has 0 saturated heterocycles. The third kappa shape index (κ3) is 2.07. The summed E-state index contributed by atoms with van der Waals surface area (Å²) in [4.78, 5) is 0. The van der Waals surface area contributed by atoms with Crippen molar-refractivity contribution >= 4 is 0 Å². The molecule has 0 unspecified atom stereocenters. The number of hydrogen-bond acceptors (Lipinski definition) is 1. The Balaban J connectivity index is 2.95. The van der Waals surface area contributed by atoms with Crippen molar-refractivity contribution in [3.8, 4) is 0 Å². The summed E-state index contributed by atoms with van der Waals surface area (Å²) in [7, 11) is 0. The molecule has 0 aromatic rings. The first-order valence-corrected chi connectivity index (χ1v) is 5.73. The Morgan fingerprint density at radius 3 is 1.87 bits per heavy atom. The molecule has 15 heavy (non-hydrogen) atoms. The van der Waals surface area contributed by atoms with Crippen LogP contribution < -0.4 is 5.73 Å². The van der Waals surface area contributed by atoms with Crippen LogP contribution in [0.25, 0.3) is 0 Å². The van der Waals surface area contributed by atoms with Crippen molar-refractivity contribution in [2.75, 3.05) is 0 Å². The molecule has 2 N–H and O–H groups in total. The minimum atomic E-state index is -0.274. The molecular weight excluding hydrogens is 182 g/mol. The van der Waals surface area contributed by atoms with Crippen molar-refractivity contribution in [2.24, 2.45) is 23.5 Å². The molecule has 84 valence electrons. The third-order valence-corrected chi connectivity index (χ3v) is 3.62. The first-order valence-electron chi connectivity index (χ1n) is 5.73. The van der Waals surface area contributed by atoms with Gasteiger partial charge in [0, 0.05) is 11.5 Å². The van der Waals surface area contributed by atoms with Gasteiger partial charge in [0.2, 0.25) is 0 Å². The smallest absolute Gasteiger partial charge is 0.0421 e. The van der Waals surface area contributed by atoms with E-state index in [-0.39, 0.29) is 5.54 Å². The maximum Gasteiger partial charge on any atom is 0.0421 e. The van der Waals surface area contributed by atoms with Gasteiger partial charge in [0.05, 0.1) is 0 Å². The summed E-state index contributed by atoms with van der Waals surface area (Å²) in [6.45, 7) is 12.9. The maximum absolute atomic E-state index is 6.54. The van der Waals surface area contributed by atoms with E-state index in [9.17, 15) is 0 Å². The third-order valence-electron chi connectivity index (χ3n) is 3.62. The average molecular weight is 205 g/mol. The first-order chi connectivity index (χ1) is 6.90. The van der Waals surface area contributed by atoms with E-state index in [0.29, 0.717) is 17.8 Å². The van der Waals surface area contributed by atoms with Gasteiger partial charge in [-0.3, -0.25) is 0 Å². The van der Waals surface area contributed by atoms with Crippen molar-refractivity contribution in [1.29, 1.82) is 0 Å². The lowest BCUT2D eigenvalue weighted by Crippen LogP contribution is -2.52.